The van der Waals surface area contributed by atoms with Crippen LogP contribution in [0.2, 0.25) is 0 Å². The Hall–Kier alpha value is -8.50. The highest BCUT2D eigenvalue weighted by Gasteiger charge is 2.52. The molecule has 0 radical (unpaired) electrons. The second-order valence-corrected chi connectivity index (χ2v) is 19.4. The van der Waals surface area contributed by atoms with Crippen LogP contribution in [-0.2, 0) is 5.41 Å². The second kappa shape index (κ2) is 15.8. The summed E-state index contributed by atoms with van der Waals surface area (Å²) in [5, 5.41) is 5.02. The highest BCUT2D eigenvalue weighted by atomic mass is 32.1. The predicted molar refractivity (Wildman–Crippen MR) is 291 cm³/mol. The fourth-order valence-electron chi connectivity index (χ4n) is 11.9. The molecule has 0 fully saturated rings. The third kappa shape index (κ3) is 5.97. The Morgan fingerprint density at radius 2 is 0.957 bits per heavy atom. The summed E-state index contributed by atoms with van der Waals surface area (Å²) in [4.78, 5) is 5.01. The smallest absolute Gasteiger partial charge is 0.0755 e. The fourth-order valence-corrected chi connectivity index (χ4v) is 13.2. The van der Waals surface area contributed by atoms with Crippen molar-refractivity contribution >= 4 is 76.4 Å². The lowest BCUT2D eigenvalue weighted by atomic mass is 9.64. The van der Waals surface area contributed by atoms with Gasteiger partial charge in [0.15, 0.2) is 0 Å². The van der Waals surface area contributed by atoms with Crippen molar-refractivity contribution < 1.29 is 0 Å². The van der Waals surface area contributed by atoms with Gasteiger partial charge in [0.1, 0.15) is 0 Å². The van der Waals surface area contributed by atoms with Crippen LogP contribution in [0.4, 0.5) is 34.1 Å². The molecular weight excluding hydrogens is 853 g/mol. The van der Waals surface area contributed by atoms with E-state index in [2.05, 4.69) is 271 Å². The Morgan fingerprint density at radius 1 is 0.391 bits per heavy atom. The molecule has 0 saturated carbocycles. The first kappa shape index (κ1) is 39.6. The normalized spacial score (nSPS) is 13.1. The standard InChI is InChI=1S/C66H44N2S/c1-5-21-44(22-6-1)63(45-23-7-2-8-24-45)47-37-39-54-62(42-47)69-65-51-30-14-13-25-46(51)41-61(64(54)65)67(48-26-9-3-10-27-48)50-38-40-60-58(43-50)66(55-33-17-15-31-52(55)53-32-16-18-34-56(53)66)57-35-19-20-36-59(57)68(60)49-28-11-4-12-29-49/h1-43,63H. The number of benzene rings is 11. The maximum absolute atomic E-state index is 2.53. The lowest BCUT2D eigenvalue weighted by Gasteiger charge is -2.45. The third-order valence-corrected chi connectivity index (χ3v) is 15.9. The number of hydrogen-bond donors (Lipinski definition) is 0. The van der Waals surface area contributed by atoms with Gasteiger partial charge in [-0.05, 0) is 122 Å². The van der Waals surface area contributed by atoms with Gasteiger partial charge in [-0.3, -0.25) is 0 Å². The number of nitrogens with zero attached hydrogens (tertiary/aromatic N) is 2. The van der Waals surface area contributed by atoms with Gasteiger partial charge in [-0.25, -0.2) is 0 Å². The highest BCUT2D eigenvalue weighted by Crippen LogP contribution is 2.64. The molecule has 0 atom stereocenters. The first-order chi connectivity index (χ1) is 34.3. The highest BCUT2D eigenvalue weighted by molar-refractivity contribution is 7.26. The zero-order valence-corrected chi connectivity index (χ0v) is 38.5. The maximum atomic E-state index is 2.53. The molecule has 14 rings (SSSR count). The van der Waals surface area contributed by atoms with Crippen LogP contribution in [0.3, 0.4) is 0 Å². The van der Waals surface area contributed by atoms with E-state index in [0.717, 1.165) is 22.7 Å². The molecule has 1 aromatic heterocycles. The Morgan fingerprint density at radius 3 is 1.65 bits per heavy atom. The summed E-state index contributed by atoms with van der Waals surface area (Å²) in [6.45, 7) is 0. The quantitative estimate of drug-likeness (QED) is 0.147. The molecule has 3 heteroatoms. The number of hydrogen-bond acceptors (Lipinski definition) is 3. The number of para-hydroxylation sites is 3. The van der Waals surface area contributed by atoms with Crippen LogP contribution in [0, 0.1) is 0 Å². The zero-order chi connectivity index (χ0) is 45.5. The van der Waals surface area contributed by atoms with Crippen LogP contribution in [0.15, 0.2) is 261 Å². The van der Waals surface area contributed by atoms with E-state index in [0.29, 0.717) is 0 Å². The van der Waals surface area contributed by atoms with Gasteiger partial charge in [0.05, 0.1) is 22.5 Å². The van der Waals surface area contributed by atoms with E-state index in [1.807, 2.05) is 11.3 Å². The monoisotopic (exact) mass is 896 g/mol. The van der Waals surface area contributed by atoms with Gasteiger partial charge >= 0.3 is 0 Å². The van der Waals surface area contributed by atoms with Gasteiger partial charge in [-0.15, -0.1) is 11.3 Å². The van der Waals surface area contributed by atoms with E-state index in [4.69, 9.17) is 0 Å². The topological polar surface area (TPSA) is 6.48 Å². The first-order valence-corrected chi connectivity index (χ1v) is 24.7. The molecule has 11 aromatic carbocycles. The minimum Gasteiger partial charge on any atom is -0.310 e. The summed E-state index contributed by atoms with van der Waals surface area (Å²) in [5.74, 6) is 0.105. The molecule has 0 unspecified atom stereocenters. The van der Waals surface area contributed by atoms with E-state index in [1.165, 1.54) is 92.4 Å². The Kier molecular flexibility index (Phi) is 9.08. The molecule has 1 aliphatic heterocycles. The molecule has 12 aromatic rings. The van der Waals surface area contributed by atoms with Gasteiger partial charge < -0.3 is 9.80 Å². The molecule has 1 spiro atoms. The van der Waals surface area contributed by atoms with Crippen molar-refractivity contribution in [1.82, 2.24) is 0 Å². The summed E-state index contributed by atoms with van der Waals surface area (Å²) in [6.07, 6.45) is 0. The van der Waals surface area contributed by atoms with Crippen molar-refractivity contribution in [1.29, 1.82) is 0 Å². The van der Waals surface area contributed by atoms with E-state index in [1.54, 1.807) is 0 Å². The summed E-state index contributed by atoms with van der Waals surface area (Å²) < 4.78 is 2.58. The molecule has 1 aliphatic carbocycles. The molecule has 324 valence electrons. The van der Waals surface area contributed by atoms with Crippen molar-refractivity contribution in [3.05, 3.63) is 300 Å². The summed E-state index contributed by atoms with van der Waals surface area (Å²) >= 11 is 1.91. The van der Waals surface area contributed by atoms with E-state index in [9.17, 15) is 0 Å². The summed E-state index contributed by atoms with van der Waals surface area (Å²) in [6, 6.07) is 96.9. The number of fused-ring (bicyclic) bond motifs is 14. The molecular formula is C66H44N2S. The Balaban J connectivity index is 1.05. The van der Waals surface area contributed by atoms with Gasteiger partial charge in [-0.1, -0.05) is 200 Å². The average Bonchev–Trinajstić information content (AvgIpc) is 3.95. The van der Waals surface area contributed by atoms with E-state index >= 15 is 0 Å². The molecule has 2 aliphatic rings. The predicted octanol–water partition coefficient (Wildman–Crippen LogP) is 18.0. The van der Waals surface area contributed by atoms with Crippen LogP contribution in [0.1, 0.15) is 44.9 Å². The van der Waals surface area contributed by atoms with Crippen molar-refractivity contribution in [2.24, 2.45) is 0 Å². The molecule has 69 heavy (non-hydrogen) atoms. The average molecular weight is 897 g/mol. The molecule has 0 bridgehead atoms. The number of thiophene rings is 1. The lowest BCUT2D eigenvalue weighted by molar-refractivity contribution is 0.752. The van der Waals surface area contributed by atoms with Crippen LogP contribution in [0.5, 0.6) is 0 Å². The van der Waals surface area contributed by atoms with Crippen LogP contribution in [-0.4, -0.2) is 0 Å². The molecule has 0 amide bonds. The van der Waals surface area contributed by atoms with Crippen molar-refractivity contribution in [3.8, 4) is 11.1 Å². The SMILES string of the molecule is c1ccc(C(c2ccccc2)c2ccc3c(c2)sc2c4ccccc4cc(N(c4ccccc4)c4ccc5c(c4)C4(c6ccccc6-c6ccccc64)c4ccccc4N5c4ccccc4)c32)cc1. The van der Waals surface area contributed by atoms with Crippen LogP contribution < -0.4 is 9.80 Å². The first-order valence-electron chi connectivity index (χ1n) is 23.9. The summed E-state index contributed by atoms with van der Waals surface area (Å²) in [7, 11) is 0. The van der Waals surface area contributed by atoms with Crippen molar-refractivity contribution in [2.45, 2.75) is 11.3 Å². The van der Waals surface area contributed by atoms with Gasteiger partial charge in [0.25, 0.3) is 0 Å². The van der Waals surface area contributed by atoms with Crippen LogP contribution >= 0.6 is 11.3 Å². The van der Waals surface area contributed by atoms with Crippen molar-refractivity contribution in [2.75, 3.05) is 9.80 Å². The third-order valence-electron chi connectivity index (χ3n) is 14.7. The second-order valence-electron chi connectivity index (χ2n) is 18.3. The minimum atomic E-state index is -0.582. The van der Waals surface area contributed by atoms with Gasteiger partial charge in [0, 0.05) is 43.2 Å². The maximum Gasteiger partial charge on any atom is 0.0755 e. The Bertz CT molecular complexity index is 3830. The summed E-state index contributed by atoms with van der Waals surface area (Å²) in [5.41, 5.74) is 17.9. The minimum absolute atomic E-state index is 0.105. The zero-order valence-electron chi connectivity index (χ0n) is 37.7. The lowest BCUT2D eigenvalue weighted by Crippen LogP contribution is -2.36. The van der Waals surface area contributed by atoms with Gasteiger partial charge in [-0.2, -0.15) is 0 Å². The van der Waals surface area contributed by atoms with Crippen LogP contribution in [0.25, 0.3) is 42.1 Å². The molecule has 2 heterocycles. The molecule has 0 N–H and O–H groups in total. The molecule has 0 saturated heterocycles. The van der Waals surface area contributed by atoms with Gasteiger partial charge in [0.2, 0.25) is 0 Å². The number of anilines is 6. The van der Waals surface area contributed by atoms with E-state index in [-0.39, 0.29) is 5.92 Å². The van der Waals surface area contributed by atoms with Crippen molar-refractivity contribution in [3.63, 3.8) is 0 Å². The van der Waals surface area contributed by atoms with E-state index < -0.39 is 5.41 Å². The fraction of sp³-hybridized carbons (Fsp3) is 0.0303. The molecule has 2 nitrogen and oxygen atoms in total. The largest absolute Gasteiger partial charge is 0.310 e. The Labute approximate surface area is 406 Å². The number of rotatable bonds is 7.